The number of aromatic nitrogens is 4. The Kier molecular flexibility index (Phi) is 4.69. The lowest BCUT2D eigenvalue weighted by atomic mass is 10.0. The fourth-order valence-electron chi connectivity index (χ4n) is 3.43. The van der Waals surface area contributed by atoms with E-state index in [-0.39, 0.29) is 10.5 Å². The number of halogens is 2. The summed E-state index contributed by atoms with van der Waals surface area (Å²) in [4.78, 5) is 7.72. The highest BCUT2D eigenvalue weighted by Crippen LogP contribution is 2.36. The molecule has 3 N–H and O–H groups in total. The van der Waals surface area contributed by atoms with Gasteiger partial charge in [0.25, 0.3) is 0 Å². The third-order valence-electron chi connectivity index (χ3n) is 4.95. The Morgan fingerprint density at radius 3 is 2.40 bits per heavy atom. The van der Waals surface area contributed by atoms with Crippen molar-refractivity contribution in [3.8, 4) is 22.5 Å². The number of nitrogens with zero attached hydrogens (tertiary/aromatic N) is 2. The molecule has 0 spiro atoms. The van der Waals surface area contributed by atoms with Crippen molar-refractivity contribution in [2.24, 2.45) is 0 Å². The van der Waals surface area contributed by atoms with Crippen molar-refractivity contribution in [3.63, 3.8) is 0 Å². The van der Waals surface area contributed by atoms with Crippen LogP contribution in [0.3, 0.4) is 0 Å². The molecular weight excluding hydrogens is 401 g/mol. The summed E-state index contributed by atoms with van der Waals surface area (Å²) in [7, 11) is 0. The van der Waals surface area contributed by atoms with Crippen molar-refractivity contribution in [2.75, 3.05) is 5.32 Å². The van der Waals surface area contributed by atoms with Gasteiger partial charge in [-0.15, -0.1) is 0 Å². The van der Waals surface area contributed by atoms with Crippen molar-refractivity contribution < 1.29 is 4.39 Å². The van der Waals surface area contributed by atoms with Gasteiger partial charge in [-0.1, -0.05) is 72.3 Å². The molecule has 3 aromatic carbocycles. The lowest BCUT2D eigenvalue weighted by Crippen LogP contribution is -2.00. The van der Waals surface area contributed by atoms with Gasteiger partial charge in [-0.2, -0.15) is 5.10 Å². The molecule has 5 rings (SSSR count). The normalized spacial score (nSPS) is 11.1. The van der Waals surface area contributed by atoms with Gasteiger partial charge in [-0.05, 0) is 11.6 Å². The van der Waals surface area contributed by atoms with E-state index in [1.165, 1.54) is 0 Å². The topological polar surface area (TPSA) is 69.4 Å². The van der Waals surface area contributed by atoms with Gasteiger partial charge in [0.2, 0.25) is 0 Å². The Morgan fingerprint density at radius 1 is 0.967 bits per heavy atom. The lowest BCUT2D eigenvalue weighted by molar-refractivity contribution is 0.637. The summed E-state index contributed by atoms with van der Waals surface area (Å²) in [5, 5.41) is 11.0. The van der Waals surface area contributed by atoms with Gasteiger partial charge >= 0.3 is 0 Å². The lowest BCUT2D eigenvalue weighted by Gasteiger charge is -2.08. The second-order valence-electron chi connectivity index (χ2n) is 6.89. The summed E-state index contributed by atoms with van der Waals surface area (Å²) in [5.41, 5.74) is 3.65. The zero-order valence-electron chi connectivity index (χ0n) is 15.8. The van der Waals surface area contributed by atoms with Crippen LogP contribution in [0, 0.1) is 5.82 Å². The Hall–Kier alpha value is -3.64. The molecule has 2 aromatic heterocycles. The van der Waals surface area contributed by atoms with Crippen molar-refractivity contribution in [3.05, 3.63) is 89.5 Å². The van der Waals surface area contributed by atoms with E-state index in [4.69, 9.17) is 11.6 Å². The average Bonchev–Trinajstić information content (AvgIpc) is 3.43. The third-order valence-corrected chi connectivity index (χ3v) is 5.32. The third kappa shape index (κ3) is 3.31. The molecule has 0 saturated heterocycles. The number of hydrogen-bond donors (Lipinski definition) is 3. The summed E-state index contributed by atoms with van der Waals surface area (Å²) in [6, 6.07) is 21.2. The van der Waals surface area contributed by atoms with Crippen LogP contribution in [0.2, 0.25) is 5.02 Å². The number of anilines is 1. The molecule has 148 valence electrons. The maximum atomic E-state index is 14.9. The highest BCUT2D eigenvalue weighted by atomic mass is 35.5. The van der Waals surface area contributed by atoms with E-state index in [0.717, 1.165) is 22.6 Å². The zero-order chi connectivity index (χ0) is 20.5. The number of aromatic amines is 2. The summed E-state index contributed by atoms with van der Waals surface area (Å²) in [5.74, 6) is 0.832. The van der Waals surface area contributed by atoms with E-state index in [9.17, 15) is 4.39 Å². The van der Waals surface area contributed by atoms with E-state index in [1.54, 1.807) is 6.20 Å². The van der Waals surface area contributed by atoms with Crippen LogP contribution in [-0.4, -0.2) is 20.2 Å². The molecule has 0 atom stereocenters. The molecule has 0 radical (unpaired) electrons. The van der Waals surface area contributed by atoms with Crippen molar-refractivity contribution >= 4 is 28.3 Å². The molecule has 2 heterocycles. The van der Waals surface area contributed by atoms with E-state index >= 15 is 0 Å². The molecule has 0 saturated carbocycles. The average molecular weight is 418 g/mol. The van der Waals surface area contributed by atoms with Gasteiger partial charge in [0, 0.05) is 16.5 Å². The first-order valence-corrected chi connectivity index (χ1v) is 9.83. The largest absolute Gasteiger partial charge is 0.362 e. The molecule has 0 unspecified atom stereocenters. The molecule has 5 aromatic rings. The minimum Gasteiger partial charge on any atom is -0.362 e. The number of fused-ring (bicyclic) bond motifs is 1. The van der Waals surface area contributed by atoms with Gasteiger partial charge in [-0.3, -0.25) is 5.10 Å². The van der Waals surface area contributed by atoms with Crippen molar-refractivity contribution in [1.82, 2.24) is 20.2 Å². The van der Waals surface area contributed by atoms with Crippen LogP contribution in [0.4, 0.5) is 10.2 Å². The van der Waals surface area contributed by atoms with Gasteiger partial charge in [0.15, 0.2) is 11.6 Å². The molecule has 0 aliphatic heterocycles. The second kappa shape index (κ2) is 7.65. The molecule has 7 heteroatoms. The summed E-state index contributed by atoms with van der Waals surface area (Å²) in [6.45, 7) is 0.463. The summed E-state index contributed by atoms with van der Waals surface area (Å²) >= 11 is 6.29. The van der Waals surface area contributed by atoms with E-state index in [2.05, 4.69) is 25.5 Å². The first-order valence-electron chi connectivity index (χ1n) is 9.45. The minimum atomic E-state index is -0.513. The highest BCUT2D eigenvalue weighted by Gasteiger charge is 2.18. The summed E-state index contributed by atoms with van der Waals surface area (Å²) < 4.78 is 14.9. The highest BCUT2D eigenvalue weighted by molar-refractivity contribution is 6.34. The number of nitrogens with one attached hydrogen (secondary N) is 3. The molecule has 0 aliphatic carbocycles. The molecule has 0 fully saturated rings. The van der Waals surface area contributed by atoms with Crippen LogP contribution in [0.1, 0.15) is 5.69 Å². The van der Waals surface area contributed by atoms with E-state index in [1.807, 2.05) is 66.7 Å². The predicted molar refractivity (Wildman–Crippen MR) is 118 cm³/mol. The molecule has 0 amide bonds. The predicted octanol–water partition coefficient (Wildman–Crippen LogP) is 6.02. The second-order valence-corrected chi connectivity index (χ2v) is 7.27. The Bertz CT molecular complexity index is 1310. The van der Waals surface area contributed by atoms with Gasteiger partial charge in [0.1, 0.15) is 11.3 Å². The first-order chi connectivity index (χ1) is 14.7. The Balaban J connectivity index is 1.44. The molecule has 30 heavy (non-hydrogen) atoms. The van der Waals surface area contributed by atoms with E-state index in [0.29, 0.717) is 23.3 Å². The Labute approximate surface area is 176 Å². The maximum Gasteiger partial charge on any atom is 0.168 e. The molecule has 0 aliphatic rings. The number of H-pyrrole nitrogens is 2. The van der Waals surface area contributed by atoms with Gasteiger partial charge in [-0.25, -0.2) is 9.37 Å². The molecular formula is C23H17ClFN5. The number of hydrogen-bond acceptors (Lipinski definition) is 3. The van der Waals surface area contributed by atoms with Crippen LogP contribution < -0.4 is 5.32 Å². The number of imidazole rings is 1. The zero-order valence-corrected chi connectivity index (χ0v) is 16.5. The van der Waals surface area contributed by atoms with Crippen LogP contribution in [0.5, 0.6) is 0 Å². The van der Waals surface area contributed by atoms with Crippen LogP contribution >= 0.6 is 11.6 Å². The summed E-state index contributed by atoms with van der Waals surface area (Å²) in [6.07, 6.45) is 1.77. The first kappa shape index (κ1) is 18.4. The quantitative estimate of drug-likeness (QED) is 0.327. The standard InChI is InChI=1S/C23H17ClFN5/c24-19-17(14-7-3-1-4-8-14)11-18-21(20(19)25)29-30-23(18)27-13-16-12-26-22(28-16)15-9-5-2-6-10-15/h1-12H,13H2,(H,26,28)(H2,27,29,30). The van der Waals surface area contributed by atoms with Crippen LogP contribution in [-0.2, 0) is 6.54 Å². The van der Waals surface area contributed by atoms with Crippen molar-refractivity contribution in [2.45, 2.75) is 6.54 Å². The maximum absolute atomic E-state index is 14.9. The fraction of sp³-hybridized carbons (Fsp3) is 0.0435. The minimum absolute atomic E-state index is 0.0740. The SMILES string of the molecule is Fc1c(Cl)c(-c2ccccc2)cc2c(NCc3cnc(-c4ccccc4)[nH]3)n[nH]c12. The monoisotopic (exact) mass is 417 g/mol. The smallest absolute Gasteiger partial charge is 0.168 e. The van der Waals surface area contributed by atoms with Crippen LogP contribution in [0.15, 0.2) is 72.9 Å². The van der Waals surface area contributed by atoms with Gasteiger partial charge in [0.05, 0.1) is 23.5 Å². The van der Waals surface area contributed by atoms with Gasteiger partial charge < -0.3 is 10.3 Å². The van der Waals surface area contributed by atoms with E-state index < -0.39 is 5.82 Å². The molecule has 0 bridgehead atoms. The van der Waals surface area contributed by atoms with Crippen molar-refractivity contribution in [1.29, 1.82) is 0 Å². The number of benzene rings is 3. The van der Waals surface area contributed by atoms with Crippen LogP contribution in [0.25, 0.3) is 33.4 Å². The fourth-order valence-corrected chi connectivity index (χ4v) is 3.69. The molecule has 5 nitrogen and oxygen atoms in total. The number of rotatable bonds is 5. The Morgan fingerprint density at radius 2 is 1.67 bits per heavy atom.